The van der Waals surface area contributed by atoms with Crippen LogP contribution in [0.1, 0.15) is 0 Å². The van der Waals surface area contributed by atoms with Crippen LogP contribution in [0.3, 0.4) is 0 Å². The summed E-state index contributed by atoms with van der Waals surface area (Å²) in [4.78, 5) is 0. The van der Waals surface area contributed by atoms with E-state index in [-0.39, 0.29) is 37.2 Å². The Bertz CT molecular complexity index is 6.00. The van der Waals surface area contributed by atoms with Gasteiger partial charge in [0.15, 0.2) is 0 Å². The van der Waals surface area contributed by atoms with Gasteiger partial charge < -0.3 is 4.66 Å². The zero-order valence-electron chi connectivity index (χ0n) is 1.81. The van der Waals surface area contributed by atoms with Crippen LogP contribution in [0.15, 0.2) is 0 Å². The van der Waals surface area contributed by atoms with Crippen LogP contribution in [-0.4, -0.2) is 30.5 Å². The number of rotatable bonds is 0. The molecule has 0 aromatic rings. The smallest absolute Gasteiger partial charge is 0.327 e. The Morgan fingerprint density at radius 3 is 1.75 bits per heavy atom. The fourth-order valence-corrected chi connectivity index (χ4v) is 0. The van der Waals surface area contributed by atoms with Crippen molar-refractivity contribution in [2.45, 2.75) is 0 Å². The molecular weight excluding hydrogens is 182 g/mol. The third-order valence-electron chi connectivity index (χ3n) is 0. The van der Waals surface area contributed by atoms with E-state index in [0.717, 1.165) is 0 Å². The Kier molecular flexibility index (Phi) is 19.9. The molecule has 0 aliphatic carbocycles. The largest absolute Gasteiger partial charge is 0.506 e. The molecule has 0 fully saturated rings. The molecule has 0 saturated heterocycles. The Balaban J connectivity index is 0. The Labute approximate surface area is 46.7 Å². The fourth-order valence-electron chi connectivity index (χ4n) is 0. The van der Waals surface area contributed by atoms with Crippen LogP contribution in [0.25, 0.3) is 0 Å². The SMILES string of the molecule is [In].[O-][Cl+]O. The van der Waals surface area contributed by atoms with E-state index in [4.69, 9.17) is 9.32 Å². The molecule has 2 nitrogen and oxygen atoms in total. The predicted molar refractivity (Wildman–Crippen MR) is 7.97 cm³/mol. The maximum Gasteiger partial charge on any atom is 0.327 e. The van der Waals surface area contributed by atoms with Gasteiger partial charge in [-0.2, -0.15) is 0 Å². The molecule has 3 radical (unpaired) electrons. The van der Waals surface area contributed by atoms with Crippen molar-refractivity contribution in [3.63, 3.8) is 0 Å². The van der Waals surface area contributed by atoms with Gasteiger partial charge in [-0.15, -0.1) is 4.66 Å². The minimum atomic E-state index is -0.167. The van der Waals surface area contributed by atoms with Crippen molar-refractivity contribution in [2.75, 3.05) is 0 Å². The first-order chi connectivity index (χ1) is 1.41. The Hall–Kier alpha value is 1.08. The molecule has 0 saturated carbocycles. The molecule has 0 atom stereocenters. The third-order valence-corrected chi connectivity index (χ3v) is 0. The van der Waals surface area contributed by atoms with Crippen molar-refractivity contribution in [1.29, 1.82) is 0 Å². The van der Waals surface area contributed by atoms with Gasteiger partial charge in [0.05, 0.1) is 0 Å². The fraction of sp³-hybridized carbons (Fsp3) is 0. The minimum absolute atomic E-state index is 0. The van der Waals surface area contributed by atoms with Gasteiger partial charge in [-0.05, 0) is 0 Å². The molecule has 0 aromatic carbocycles. The van der Waals surface area contributed by atoms with E-state index >= 15 is 0 Å². The van der Waals surface area contributed by atoms with Gasteiger partial charge in [-0.1, -0.05) is 0 Å². The van der Waals surface area contributed by atoms with Gasteiger partial charge in [-0.3, -0.25) is 0 Å². The predicted octanol–water partition coefficient (Wildman–Crippen LogP) is -2.13. The van der Waals surface area contributed by atoms with Crippen molar-refractivity contribution in [3.8, 4) is 0 Å². The zero-order chi connectivity index (χ0) is 2.71. The third kappa shape index (κ3) is 11.4. The minimum Gasteiger partial charge on any atom is -0.506 e. The van der Waals surface area contributed by atoms with E-state index in [9.17, 15) is 0 Å². The summed E-state index contributed by atoms with van der Waals surface area (Å²) in [6.07, 6.45) is 0. The van der Waals surface area contributed by atoms with Gasteiger partial charge >= 0.3 is 11.3 Å². The summed E-state index contributed by atoms with van der Waals surface area (Å²) >= 11 is -0.167. The second-order valence-corrected chi connectivity index (χ2v) is 0.207. The maximum atomic E-state index is 8.35. The molecular formula is HClInO2. The van der Waals surface area contributed by atoms with Crippen LogP contribution in [0, 0.1) is 11.3 Å². The molecule has 0 bridgehead atoms. The number of hydrogen-bond acceptors (Lipinski definition) is 2. The normalized spacial score (nSPS) is 4.50. The standard InChI is InChI=1S/ClHO2.In/c2-1-3;/h2H;. The molecule has 0 unspecified atom stereocenters. The van der Waals surface area contributed by atoms with Gasteiger partial charge in [-0.25, -0.2) is 0 Å². The molecule has 4 heteroatoms. The average Bonchev–Trinajstić information content (AvgIpc) is 0.918. The van der Waals surface area contributed by atoms with Crippen molar-refractivity contribution < 1.29 is 20.6 Å². The molecule has 0 aromatic heterocycles. The van der Waals surface area contributed by atoms with E-state index in [2.05, 4.69) is 0 Å². The van der Waals surface area contributed by atoms with Gasteiger partial charge in [0.2, 0.25) is 0 Å². The molecule has 1 N–H and O–H groups in total. The average molecular weight is 183 g/mol. The molecule has 0 aliphatic rings. The van der Waals surface area contributed by atoms with Gasteiger partial charge in [0, 0.05) is 25.8 Å². The summed E-state index contributed by atoms with van der Waals surface area (Å²) in [6, 6.07) is 0. The molecule has 0 rings (SSSR count). The Morgan fingerprint density at radius 1 is 1.75 bits per heavy atom. The monoisotopic (exact) mass is 183 g/mol. The number of hydrogen-bond donors (Lipinski definition) is 1. The van der Waals surface area contributed by atoms with Crippen molar-refractivity contribution in [2.24, 2.45) is 0 Å². The first kappa shape index (κ1) is 8.91. The van der Waals surface area contributed by atoms with Gasteiger partial charge in [0.1, 0.15) is 0 Å². The van der Waals surface area contributed by atoms with Crippen LogP contribution in [0.4, 0.5) is 0 Å². The van der Waals surface area contributed by atoms with E-state index in [1.807, 2.05) is 0 Å². The molecule has 0 amide bonds. The quantitative estimate of drug-likeness (QED) is 0.466. The summed E-state index contributed by atoms with van der Waals surface area (Å²) < 4.78 is 15.2. The molecule has 0 spiro atoms. The van der Waals surface area contributed by atoms with Crippen LogP contribution >= 0.6 is 0 Å². The summed E-state index contributed by atoms with van der Waals surface area (Å²) in [5.74, 6) is 0. The molecule has 23 valence electrons. The van der Waals surface area contributed by atoms with Crippen molar-refractivity contribution in [1.82, 2.24) is 0 Å². The Morgan fingerprint density at radius 2 is 1.75 bits per heavy atom. The second-order valence-electron chi connectivity index (χ2n) is 0.0690. The topological polar surface area (TPSA) is 43.3 Å². The second kappa shape index (κ2) is 8.95. The maximum absolute atomic E-state index is 8.35. The van der Waals surface area contributed by atoms with E-state index < -0.39 is 0 Å². The summed E-state index contributed by atoms with van der Waals surface area (Å²) in [5, 5.41) is 0. The first-order valence-corrected chi connectivity index (χ1v) is 0.970. The van der Waals surface area contributed by atoms with E-state index in [1.165, 1.54) is 0 Å². The van der Waals surface area contributed by atoms with Crippen LogP contribution in [0.2, 0.25) is 0 Å². The summed E-state index contributed by atoms with van der Waals surface area (Å²) in [7, 11) is 0. The van der Waals surface area contributed by atoms with Crippen LogP contribution in [-0.2, 0) is 0 Å². The molecule has 0 aliphatic heterocycles. The van der Waals surface area contributed by atoms with Crippen molar-refractivity contribution >= 4 is 25.8 Å². The zero-order valence-corrected chi connectivity index (χ0v) is 5.86. The van der Waals surface area contributed by atoms with Crippen LogP contribution < -0.4 is 4.66 Å². The number of halogens is 1. The molecule has 0 heterocycles. The first-order valence-electron chi connectivity index (χ1n) is 0.323. The summed E-state index contributed by atoms with van der Waals surface area (Å²) in [5.41, 5.74) is 0. The van der Waals surface area contributed by atoms with Gasteiger partial charge in [0.25, 0.3) is 0 Å². The van der Waals surface area contributed by atoms with E-state index in [1.54, 1.807) is 0 Å². The van der Waals surface area contributed by atoms with E-state index in [0.29, 0.717) is 0 Å². The van der Waals surface area contributed by atoms with Crippen LogP contribution in [0.5, 0.6) is 0 Å². The summed E-state index contributed by atoms with van der Waals surface area (Å²) in [6.45, 7) is 0. The van der Waals surface area contributed by atoms with Crippen molar-refractivity contribution in [3.05, 3.63) is 0 Å². The molecule has 4 heavy (non-hydrogen) atoms.